The highest BCUT2D eigenvalue weighted by atomic mass is 16.5. The lowest BCUT2D eigenvalue weighted by Gasteiger charge is -2.12. The summed E-state index contributed by atoms with van der Waals surface area (Å²) in [4.78, 5) is 4.61. The van der Waals surface area contributed by atoms with Crippen molar-refractivity contribution < 1.29 is 14.2 Å². The average Bonchev–Trinajstić information content (AvgIpc) is 3.24. The van der Waals surface area contributed by atoms with Crippen molar-refractivity contribution in [2.24, 2.45) is 4.99 Å². The second kappa shape index (κ2) is 15.3. The SMILES string of the molecule is CCNC(=NCCCOC1CCOC1)NCCCCOCCc1ccccc1. The second-order valence-electron chi connectivity index (χ2n) is 6.95. The molecule has 1 fully saturated rings. The van der Waals surface area contributed by atoms with E-state index in [0.717, 1.165) is 90.7 Å². The number of aliphatic imine (C=N–C) groups is 1. The Kier molecular flexibility index (Phi) is 12.4. The summed E-state index contributed by atoms with van der Waals surface area (Å²) in [7, 11) is 0. The van der Waals surface area contributed by atoms with Crippen molar-refractivity contribution in [2.75, 3.05) is 52.7 Å². The van der Waals surface area contributed by atoms with E-state index in [2.05, 4.69) is 46.8 Å². The molecule has 158 valence electrons. The number of hydrogen-bond donors (Lipinski definition) is 2. The van der Waals surface area contributed by atoms with E-state index in [1.54, 1.807) is 0 Å². The minimum atomic E-state index is 0.283. The standard InChI is InChI=1S/C22H37N3O3/c1-2-23-22(25-14-8-16-28-21-12-18-27-19-21)24-13-6-7-15-26-17-11-20-9-4-3-5-10-20/h3-5,9-10,21H,2,6-8,11-19H2,1H3,(H2,23,24,25). The van der Waals surface area contributed by atoms with Gasteiger partial charge in [0.25, 0.3) is 0 Å². The average molecular weight is 392 g/mol. The summed E-state index contributed by atoms with van der Waals surface area (Å²) in [6.45, 7) is 8.54. The van der Waals surface area contributed by atoms with Crippen LogP contribution in [0.15, 0.2) is 35.3 Å². The summed E-state index contributed by atoms with van der Waals surface area (Å²) >= 11 is 0. The van der Waals surface area contributed by atoms with E-state index < -0.39 is 0 Å². The molecule has 1 aromatic rings. The molecule has 0 bridgehead atoms. The summed E-state index contributed by atoms with van der Waals surface area (Å²) < 4.78 is 16.8. The molecule has 1 aliphatic heterocycles. The molecule has 0 aromatic heterocycles. The van der Waals surface area contributed by atoms with Gasteiger partial charge in [0.1, 0.15) is 0 Å². The Hall–Kier alpha value is -1.63. The molecule has 0 spiro atoms. The molecule has 1 saturated heterocycles. The zero-order chi connectivity index (χ0) is 19.7. The van der Waals surface area contributed by atoms with Gasteiger partial charge in [-0.1, -0.05) is 30.3 Å². The van der Waals surface area contributed by atoms with Crippen LogP contribution in [0.1, 0.15) is 38.2 Å². The van der Waals surface area contributed by atoms with Gasteiger partial charge in [-0.15, -0.1) is 0 Å². The molecule has 1 atom stereocenters. The lowest BCUT2D eigenvalue weighted by molar-refractivity contribution is 0.0424. The molecule has 0 radical (unpaired) electrons. The van der Waals surface area contributed by atoms with Gasteiger partial charge in [-0.2, -0.15) is 0 Å². The maximum Gasteiger partial charge on any atom is 0.191 e. The number of benzene rings is 1. The van der Waals surface area contributed by atoms with Gasteiger partial charge in [-0.25, -0.2) is 0 Å². The van der Waals surface area contributed by atoms with Crippen molar-refractivity contribution in [1.82, 2.24) is 10.6 Å². The van der Waals surface area contributed by atoms with Crippen LogP contribution >= 0.6 is 0 Å². The van der Waals surface area contributed by atoms with E-state index in [1.165, 1.54) is 5.56 Å². The van der Waals surface area contributed by atoms with Crippen molar-refractivity contribution in [1.29, 1.82) is 0 Å². The van der Waals surface area contributed by atoms with Crippen LogP contribution in [0, 0.1) is 0 Å². The van der Waals surface area contributed by atoms with Crippen LogP contribution in [-0.2, 0) is 20.6 Å². The summed E-state index contributed by atoms with van der Waals surface area (Å²) in [6.07, 6.45) is 5.34. The minimum Gasteiger partial charge on any atom is -0.381 e. The van der Waals surface area contributed by atoms with Crippen LogP contribution in [0.25, 0.3) is 0 Å². The molecule has 2 N–H and O–H groups in total. The Morgan fingerprint density at radius 3 is 2.79 bits per heavy atom. The van der Waals surface area contributed by atoms with Crippen molar-refractivity contribution in [3.8, 4) is 0 Å². The molecule has 0 aliphatic carbocycles. The van der Waals surface area contributed by atoms with Gasteiger partial charge in [0.05, 0.1) is 19.3 Å². The van der Waals surface area contributed by atoms with Crippen molar-refractivity contribution in [3.63, 3.8) is 0 Å². The van der Waals surface area contributed by atoms with Gasteiger partial charge >= 0.3 is 0 Å². The number of nitrogens with one attached hydrogen (secondary N) is 2. The molecule has 28 heavy (non-hydrogen) atoms. The fourth-order valence-corrected chi connectivity index (χ4v) is 2.96. The first-order chi connectivity index (χ1) is 13.9. The Bertz CT molecular complexity index is 519. The molecule has 2 rings (SSSR count). The fourth-order valence-electron chi connectivity index (χ4n) is 2.96. The molecular weight excluding hydrogens is 354 g/mol. The van der Waals surface area contributed by atoms with Gasteiger partial charge < -0.3 is 24.8 Å². The lowest BCUT2D eigenvalue weighted by atomic mass is 10.2. The maximum absolute atomic E-state index is 5.77. The van der Waals surface area contributed by atoms with Gasteiger partial charge in [0, 0.05) is 39.5 Å². The molecule has 0 saturated carbocycles. The molecule has 1 aromatic carbocycles. The summed E-state index contributed by atoms with van der Waals surface area (Å²) in [6, 6.07) is 10.5. The third-order valence-corrected chi connectivity index (χ3v) is 4.54. The first kappa shape index (κ1) is 22.7. The third-order valence-electron chi connectivity index (χ3n) is 4.54. The molecule has 6 nitrogen and oxygen atoms in total. The zero-order valence-corrected chi connectivity index (χ0v) is 17.3. The lowest BCUT2D eigenvalue weighted by Crippen LogP contribution is -2.38. The highest BCUT2D eigenvalue weighted by Crippen LogP contribution is 2.08. The highest BCUT2D eigenvalue weighted by molar-refractivity contribution is 5.79. The quantitative estimate of drug-likeness (QED) is 0.290. The minimum absolute atomic E-state index is 0.283. The molecular formula is C22H37N3O3. The zero-order valence-electron chi connectivity index (χ0n) is 17.3. The molecule has 6 heteroatoms. The third kappa shape index (κ3) is 10.6. The van der Waals surface area contributed by atoms with E-state index >= 15 is 0 Å². The smallest absolute Gasteiger partial charge is 0.191 e. The van der Waals surface area contributed by atoms with Crippen molar-refractivity contribution in [2.45, 2.75) is 45.1 Å². The predicted octanol–water partition coefficient (Wildman–Crippen LogP) is 2.78. The van der Waals surface area contributed by atoms with E-state index in [-0.39, 0.29) is 6.10 Å². The number of rotatable bonds is 14. The Morgan fingerprint density at radius 2 is 2.00 bits per heavy atom. The van der Waals surface area contributed by atoms with E-state index in [1.807, 2.05) is 6.07 Å². The summed E-state index contributed by atoms with van der Waals surface area (Å²) in [5, 5.41) is 6.68. The van der Waals surface area contributed by atoms with Crippen molar-refractivity contribution >= 4 is 5.96 Å². The number of guanidine groups is 1. The summed E-state index contributed by atoms with van der Waals surface area (Å²) in [5.41, 5.74) is 1.33. The second-order valence-corrected chi connectivity index (χ2v) is 6.95. The number of nitrogens with zero attached hydrogens (tertiary/aromatic N) is 1. The topological polar surface area (TPSA) is 64.1 Å². The fraction of sp³-hybridized carbons (Fsp3) is 0.682. The van der Waals surface area contributed by atoms with Crippen LogP contribution in [0.3, 0.4) is 0 Å². The van der Waals surface area contributed by atoms with E-state index in [0.29, 0.717) is 0 Å². The monoisotopic (exact) mass is 391 g/mol. The van der Waals surface area contributed by atoms with E-state index in [9.17, 15) is 0 Å². The van der Waals surface area contributed by atoms with E-state index in [4.69, 9.17) is 14.2 Å². The molecule has 1 aliphatic rings. The van der Waals surface area contributed by atoms with Crippen LogP contribution in [-0.4, -0.2) is 64.7 Å². The van der Waals surface area contributed by atoms with Gasteiger partial charge in [-0.05, 0) is 44.6 Å². The van der Waals surface area contributed by atoms with Crippen LogP contribution in [0.2, 0.25) is 0 Å². The van der Waals surface area contributed by atoms with Crippen LogP contribution in [0.5, 0.6) is 0 Å². The largest absolute Gasteiger partial charge is 0.381 e. The Morgan fingerprint density at radius 1 is 1.11 bits per heavy atom. The first-order valence-corrected chi connectivity index (χ1v) is 10.7. The summed E-state index contributed by atoms with van der Waals surface area (Å²) in [5.74, 6) is 0.886. The van der Waals surface area contributed by atoms with Gasteiger partial charge in [0.2, 0.25) is 0 Å². The maximum atomic E-state index is 5.77. The Labute approximate surface area is 170 Å². The molecule has 1 unspecified atom stereocenters. The van der Waals surface area contributed by atoms with Crippen molar-refractivity contribution in [3.05, 3.63) is 35.9 Å². The first-order valence-electron chi connectivity index (χ1n) is 10.7. The Balaban J connectivity index is 1.45. The highest BCUT2D eigenvalue weighted by Gasteiger charge is 2.15. The molecule has 0 amide bonds. The van der Waals surface area contributed by atoms with Crippen LogP contribution < -0.4 is 10.6 Å². The predicted molar refractivity (Wildman–Crippen MR) is 114 cm³/mol. The number of hydrogen-bond acceptors (Lipinski definition) is 4. The number of unbranched alkanes of at least 4 members (excludes halogenated alkanes) is 1. The van der Waals surface area contributed by atoms with Gasteiger partial charge in [-0.3, -0.25) is 4.99 Å². The normalized spacial score (nSPS) is 17.0. The van der Waals surface area contributed by atoms with Gasteiger partial charge in [0.15, 0.2) is 5.96 Å². The van der Waals surface area contributed by atoms with Crippen LogP contribution in [0.4, 0.5) is 0 Å². The molecule has 1 heterocycles. The number of ether oxygens (including phenoxy) is 3.